The first kappa shape index (κ1) is 23.2. The lowest BCUT2D eigenvalue weighted by atomic mass is 10.2. The lowest BCUT2D eigenvalue weighted by Crippen LogP contribution is -3.00. The molecule has 0 saturated carbocycles. The normalized spacial score (nSPS) is 9.56. The van der Waals surface area contributed by atoms with Crippen molar-refractivity contribution in [2.24, 2.45) is 5.73 Å². The van der Waals surface area contributed by atoms with Crippen LogP contribution in [0.15, 0.2) is 24.3 Å². The molecule has 0 fully saturated rings. The van der Waals surface area contributed by atoms with E-state index in [1.165, 1.54) is 17.3 Å². The molecule has 18 heavy (non-hydrogen) atoms. The van der Waals surface area contributed by atoms with Crippen LogP contribution >= 0.6 is 11.8 Å². The quantitative estimate of drug-likeness (QED) is 0.264. The van der Waals surface area contributed by atoms with Gasteiger partial charge in [0.15, 0.2) is 0 Å². The predicted octanol–water partition coefficient (Wildman–Crippen LogP) is -11.6. The Morgan fingerprint density at radius 3 is 2.50 bits per heavy atom. The number of nitrogens with one attached hydrogen (secondary N) is 1. The van der Waals surface area contributed by atoms with E-state index in [9.17, 15) is 0 Å². The maximum Gasteiger partial charge on any atom is 0.392 e. The van der Waals surface area contributed by atoms with Crippen molar-refractivity contribution in [3.8, 4) is 0 Å². The molecule has 0 spiro atoms. The van der Waals surface area contributed by atoms with Gasteiger partial charge in [0, 0.05) is 24.4 Å². The highest BCUT2D eigenvalue weighted by atomic mass is 79.9. The number of hydrogen-bond donors (Lipinski definition) is 4. The summed E-state index contributed by atoms with van der Waals surface area (Å²) in [6, 6.07) is 8.06. The van der Waals surface area contributed by atoms with Crippen LogP contribution < -0.4 is 72.8 Å². The molecule has 4 nitrogen and oxygen atoms in total. The Morgan fingerprint density at radius 1 is 1.39 bits per heavy atom. The maximum absolute atomic E-state index is 5.56. The Bertz CT molecular complexity index is 394. The Balaban J connectivity index is -0.000000750. The summed E-state index contributed by atoms with van der Waals surface area (Å²) < 4.78 is 0. The molecule has 8 heteroatoms. The van der Waals surface area contributed by atoms with E-state index in [0.29, 0.717) is 11.0 Å². The SMILES string of the molecule is CC(N)=[NH+]c1cccc(CSC(=[NH2+])[NH3+])c1.[Br-].[Br-].[Br-]. The van der Waals surface area contributed by atoms with Crippen molar-refractivity contribution in [3.63, 3.8) is 0 Å². The van der Waals surface area contributed by atoms with Crippen molar-refractivity contribution < 1.29 is 67.1 Å². The van der Waals surface area contributed by atoms with Gasteiger partial charge in [-0.2, -0.15) is 0 Å². The maximum atomic E-state index is 5.56. The Morgan fingerprint density at radius 2 is 2.00 bits per heavy atom. The van der Waals surface area contributed by atoms with E-state index < -0.39 is 0 Å². The van der Waals surface area contributed by atoms with E-state index >= 15 is 0 Å². The van der Waals surface area contributed by atoms with Crippen LogP contribution in [-0.4, -0.2) is 11.0 Å². The van der Waals surface area contributed by atoms with Crippen LogP contribution in [0.1, 0.15) is 12.5 Å². The number of rotatable bonds is 3. The van der Waals surface area contributed by atoms with Gasteiger partial charge in [-0.05, 0) is 17.7 Å². The molecule has 0 aliphatic carbocycles. The highest BCUT2D eigenvalue weighted by Crippen LogP contribution is 2.12. The average Bonchev–Trinajstić information content (AvgIpc) is 2.14. The molecule has 0 bridgehead atoms. The summed E-state index contributed by atoms with van der Waals surface area (Å²) in [5, 5.41) is 6.12. The first-order valence-electron chi connectivity index (χ1n) is 4.60. The van der Waals surface area contributed by atoms with Gasteiger partial charge in [0.1, 0.15) is 5.69 Å². The van der Waals surface area contributed by atoms with Crippen LogP contribution in [0.2, 0.25) is 0 Å². The molecule has 0 atom stereocenters. The van der Waals surface area contributed by atoms with E-state index in [0.717, 1.165) is 11.4 Å². The third-order valence-corrected chi connectivity index (χ3v) is 2.54. The number of amidine groups is 2. The van der Waals surface area contributed by atoms with Crippen LogP contribution in [0, 0.1) is 0 Å². The number of thioether (sulfide) groups is 1. The van der Waals surface area contributed by atoms with Gasteiger partial charge in [-0.15, -0.1) is 0 Å². The molecule has 8 N–H and O–H groups in total. The molecule has 0 aromatic heterocycles. The molecule has 0 heterocycles. The number of hydrogen-bond acceptors (Lipinski definition) is 1. The van der Waals surface area contributed by atoms with Gasteiger partial charge >= 0.3 is 5.17 Å². The van der Waals surface area contributed by atoms with E-state index in [1.807, 2.05) is 31.2 Å². The van der Waals surface area contributed by atoms with E-state index in [2.05, 4.69) is 10.7 Å². The molecule has 1 aromatic carbocycles. The van der Waals surface area contributed by atoms with Crippen molar-refractivity contribution in [2.75, 3.05) is 0 Å². The summed E-state index contributed by atoms with van der Waals surface area (Å²) in [7, 11) is 0. The number of quaternary nitrogens is 1. The topological polar surface area (TPSA) is 93.2 Å². The van der Waals surface area contributed by atoms with Gasteiger partial charge in [0.2, 0.25) is 5.84 Å². The van der Waals surface area contributed by atoms with E-state index in [-0.39, 0.29) is 50.9 Å². The molecule has 0 aliphatic heterocycles. The number of nitrogens with two attached hydrogens (primary N) is 2. The monoisotopic (exact) mass is 462 g/mol. The largest absolute Gasteiger partial charge is 1.00 e. The standard InChI is InChI=1S/C10H14N4S.3BrH/c1-7(11)14-9-4-2-3-8(5-9)6-15-10(12)13;;;/h2-5H,6H2,1H3,(H2,11,14)(H3,12,13);3*1H. The number of halogens is 3. The van der Waals surface area contributed by atoms with Crippen LogP contribution in [0.3, 0.4) is 0 Å². The van der Waals surface area contributed by atoms with Gasteiger partial charge in [-0.25, -0.2) is 10.4 Å². The fourth-order valence-corrected chi connectivity index (χ4v) is 1.67. The molecule has 0 radical (unpaired) electrons. The van der Waals surface area contributed by atoms with Crippen molar-refractivity contribution in [2.45, 2.75) is 12.7 Å². The van der Waals surface area contributed by atoms with Crippen molar-refractivity contribution >= 4 is 28.5 Å². The van der Waals surface area contributed by atoms with Crippen molar-refractivity contribution in [3.05, 3.63) is 29.8 Å². The molecule has 1 aromatic rings. The summed E-state index contributed by atoms with van der Waals surface area (Å²) in [6.45, 7) is 1.82. The van der Waals surface area contributed by atoms with Gasteiger partial charge in [0.05, 0.1) is 0 Å². The highest BCUT2D eigenvalue weighted by molar-refractivity contribution is 8.12. The minimum absolute atomic E-state index is 0. The Kier molecular flexibility index (Phi) is 15.7. The molecule has 0 aliphatic rings. The summed E-state index contributed by atoms with van der Waals surface area (Å²) in [5.41, 5.74) is 11.4. The smallest absolute Gasteiger partial charge is 0.392 e. The van der Waals surface area contributed by atoms with Crippen LogP contribution in [-0.2, 0) is 5.75 Å². The van der Waals surface area contributed by atoms with E-state index in [4.69, 9.17) is 11.1 Å². The molecule has 104 valence electrons. The van der Waals surface area contributed by atoms with Gasteiger partial charge < -0.3 is 50.9 Å². The van der Waals surface area contributed by atoms with Crippen LogP contribution in [0.5, 0.6) is 0 Å². The predicted molar refractivity (Wildman–Crippen MR) is 63.0 cm³/mol. The molecular formula is C10H17Br3N4S. The lowest BCUT2D eigenvalue weighted by molar-refractivity contribution is -0.355. The summed E-state index contributed by atoms with van der Waals surface area (Å²) in [5.74, 6) is 1.51. The summed E-state index contributed by atoms with van der Waals surface area (Å²) in [4.78, 5) is 3.06. The van der Waals surface area contributed by atoms with Gasteiger partial charge in [-0.3, -0.25) is 11.5 Å². The third-order valence-electron chi connectivity index (χ3n) is 1.69. The Hall–Kier alpha value is 0.110. The summed E-state index contributed by atoms with van der Waals surface area (Å²) >= 11 is 1.53. The lowest BCUT2D eigenvalue weighted by Gasteiger charge is -1.97. The molecule has 1 rings (SSSR count). The zero-order valence-electron chi connectivity index (χ0n) is 9.92. The van der Waals surface area contributed by atoms with E-state index in [1.54, 1.807) is 0 Å². The average molecular weight is 465 g/mol. The third kappa shape index (κ3) is 10.1. The summed E-state index contributed by atoms with van der Waals surface area (Å²) in [6.07, 6.45) is 0. The van der Waals surface area contributed by atoms with Gasteiger partial charge in [-0.1, -0.05) is 12.1 Å². The second-order valence-corrected chi connectivity index (χ2v) is 4.37. The minimum Gasteiger partial charge on any atom is -1.00 e. The molecule has 0 saturated heterocycles. The fourth-order valence-electron chi connectivity index (χ4n) is 1.14. The highest BCUT2D eigenvalue weighted by Gasteiger charge is 2.03. The zero-order valence-corrected chi connectivity index (χ0v) is 15.5. The second-order valence-electron chi connectivity index (χ2n) is 3.26. The van der Waals surface area contributed by atoms with Gasteiger partial charge in [0.25, 0.3) is 0 Å². The molecular weight excluding hydrogens is 448 g/mol. The Labute approximate surface area is 143 Å². The number of benzene rings is 1. The first-order valence-corrected chi connectivity index (χ1v) is 5.58. The molecule has 0 amide bonds. The van der Waals surface area contributed by atoms with Crippen LogP contribution in [0.4, 0.5) is 5.69 Å². The minimum atomic E-state index is 0. The zero-order chi connectivity index (χ0) is 11.3. The van der Waals surface area contributed by atoms with Crippen LogP contribution in [0.25, 0.3) is 0 Å². The second kappa shape index (κ2) is 12.2. The van der Waals surface area contributed by atoms with Crippen molar-refractivity contribution in [1.29, 1.82) is 0 Å². The first-order chi connectivity index (χ1) is 7.08. The fraction of sp³-hybridized carbons (Fsp3) is 0.200. The molecule has 0 unspecified atom stereocenters. The van der Waals surface area contributed by atoms with Crippen molar-refractivity contribution in [1.82, 2.24) is 0 Å².